The summed E-state index contributed by atoms with van der Waals surface area (Å²) < 4.78 is 0. The number of aromatic nitrogens is 2. The van der Waals surface area contributed by atoms with Crippen LogP contribution >= 0.6 is 0 Å². The Hall–Kier alpha value is -2.23. The number of nitrogens with one attached hydrogen (secondary N) is 1. The number of hydrogen-bond donors (Lipinski definition) is 1. The predicted octanol–water partition coefficient (Wildman–Crippen LogP) is 3.58. The van der Waals surface area contributed by atoms with Gasteiger partial charge in [-0.15, -0.1) is 0 Å². The van der Waals surface area contributed by atoms with Crippen molar-refractivity contribution >= 4 is 23.0 Å². The van der Waals surface area contributed by atoms with E-state index in [0.717, 1.165) is 17.5 Å². The number of para-hydroxylation sites is 2. The molecule has 4 nitrogen and oxygen atoms in total. The molecule has 1 aromatic heterocycles. The first-order valence-corrected chi connectivity index (χ1v) is 8.34. The van der Waals surface area contributed by atoms with Crippen LogP contribution in [0.15, 0.2) is 36.5 Å². The standard InChI is InChI=1S/C19H23N3O/c1-13-6-5-9-16(14(13)2)22-19(23)11-10-15-12-20-17-7-3-4-8-18(17)21-15/h3-4,7-8,10-14,16H,5-6,9H2,1-2H3,(H,22,23)/b11-10+. The third-order valence-electron chi connectivity index (χ3n) is 4.91. The second-order valence-electron chi connectivity index (χ2n) is 6.50. The van der Waals surface area contributed by atoms with Crippen LogP contribution in [0.1, 0.15) is 38.8 Å². The Bertz CT molecular complexity index is 725. The molecule has 3 rings (SSSR count). The SMILES string of the molecule is CC1CCCC(NC(=O)/C=C/c2cnc3ccccc3n2)C1C. The molecule has 4 heteroatoms. The minimum Gasteiger partial charge on any atom is -0.350 e. The van der Waals surface area contributed by atoms with E-state index in [4.69, 9.17) is 0 Å². The molecule has 1 aromatic carbocycles. The monoisotopic (exact) mass is 309 g/mol. The van der Waals surface area contributed by atoms with Crippen LogP contribution in [-0.4, -0.2) is 21.9 Å². The molecule has 1 saturated carbocycles. The number of rotatable bonds is 3. The van der Waals surface area contributed by atoms with E-state index in [1.165, 1.54) is 12.8 Å². The highest BCUT2D eigenvalue weighted by molar-refractivity contribution is 5.91. The molecule has 0 radical (unpaired) electrons. The fraction of sp³-hybridized carbons (Fsp3) is 0.421. The second kappa shape index (κ2) is 6.90. The third kappa shape index (κ3) is 3.76. The van der Waals surface area contributed by atoms with E-state index >= 15 is 0 Å². The summed E-state index contributed by atoms with van der Waals surface area (Å²) in [5, 5.41) is 3.13. The molecule has 0 aliphatic heterocycles. The predicted molar refractivity (Wildman–Crippen MR) is 92.7 cm³/mol. The molecule has 0 bridgehead atoms. The first-order chi connectivity index (χ1) is 11.1. The van der Waals surface area contributed by atoms with Gasteiger partial charge in [0, 0.05) is 12.1 Å². The van der Waals surface area contributed by atoms with Crippen LogP contribution in [0, 0.1) is 11.8 Å². The molecule has 1 heterocycles. The van der Waals surface area contributed by atoms with E-state index < -0.39 is 0 Å². The van der Waals surface area contributed by atoms with Crippen molar-refractivity contribution in [3.63, 3.8) is 0 Å². The summed E-state index contributed by atoms with van der Waals surface area (Å²) in [4.78, 5) is 21.0. The molecule has 120 valence electrons. The van der Waals surface area contributed by atoms with E-state index in [9.17, 15) is 4.79 Å². The van der Waals surface area contributed by atoms with Crippen LogP contribution in [0.5, 0.6) is 0 Å². The Balaban J connectivity index is 1.65. The van der Waals surface area contributed by atoms with Gasteiger partial charge in [-0.05, 0) is 36.5 Å². The summed E-state index contributed by atoms with van der Waals surface area (Å²) in [5.41, 5.74) is 2.40. The van der Waals surface area contributed by atoms with E-state index in [1.54, 1.807) is 18.3 Å². The number of fused-ring (bicyclic) bond motifs is 1. The summed E-state index contributed by atoms with van der Waals surface area (Å²) in [7, 11) is 0. The van der Waals surface area contributed by atoms with Crippen LogP contribution < -0.4 is 5.32 Å². The molecule has 0 saturated heterocycles. The largest absolute Gasteiger partial charge is 0.350 e. The minimum atomic E-state index is -0.0501. The van der Waals surface area contributed by atoms with Crippen LogP contribution in [0.2, 0.25) is 0 Å². The number of amides is 1. The lowest BCUT2D eigenvalue weighted by Gasteiger charge is -2.34. The average molecular weight is 309 g/mol. The number of carbonyl (C=O) groups excluding carboxylic acids is 1. The van der Waals surface area contributed by atoms with Gasteiger partial charge in [-0.2, -0.15) is 0 Å². The van der Waals surface area contributed by atoms with Gasteiger partial charge >= 0.3 is 0 Å². The van der Waals surface area contributed by atoms with Crippen LogP contribution in [0.4, 0.5) is 0 Å². The van der Waals surface area contributed by atoms with E-state index in [0.29, 0.717) is 17.5 Å². The Morgan fingerprint density at radius 1 is 1.22 bits per heavy atom. The van der Waals surface area contributed by atoms with Crippen molar-refractivity contribution in [1.29, 1.82) is 0 Å². The van der Waals surface area contributed by atoms with E-state index in [2.05, 4.69) is 29.1 Å². The summed E-state index contributed by atoms with van der Waals surface area (Å²) >= 11 is 0. The fourth-order valence-corrected chi connectivity index (χ4v) is 3.23. The average Bonchev–Trinajstić information content (AvgIpc) is 2.57. The third-order valence-corrected chi connectivity index (χ3v) is 4.91. The van der Waals surface area contributed by atoms with Gasteiger partial charge in [0.15, 0.2) is 0 Å². The Kier molecular flexibility index (Phi) is 4.70. The summed E-state index contributed by atoms with van der Waals surface area (Å²) in [5.74, 6) is 1.15. The maximum absolute atomic E-state index is 12.2. The van der Waals surface area contributed by atoms with Gasteiger partial charge in [0.1, 0.15) is 0 Å². The van der Waals surface area contributed by atoms with Gasteiger partial charge < -0.3 is 5.32 Å². The van der Waals surface area contributed by atoms with Crippen LogP contribution in [0.25, 0.3) is 17.1 Å². The zero-order valence-corrected chi connectivity index (χ0v) is 13.7. The second-order valence-corrected chi connectivity index (χ2v) is 6.50. The topological polar surface area (TPSA) is 54.9 Å². The maximum atomic E-state index is 12.2. The summed E-state index contributed by atoms with van der Waals surface area (Å²) in [6.07, 6.45) is 8.50. The molecule has 3 unspecified atom stereocenters. The van der Waals surface area contributed by atoms with E-state index in [-0.39, 0.29) is 11.9 Å². The first-order valence-electron chi connectivity index (χ1n) is 8.34. The lowest BCUT2D eigenvalue weighted by atomic mass is 9.78. The number of nitrogens with zero attached hydrogens (tertiary/aromatic N) is 2. The quantitative estimate of drug-likeness (QED) is 0.882. The van der Waals surface area contributed by atoms with Gasteiger partial charge in [-0.1, -0.05) is 38.8 Å². The first kappa shape index (κ1) is 15.7. The zero-order chi connectivity index (χ0) is 16.2. The molecule has 23 heavy (non-hydrogen) atoms. The summed E-state index contributed by atoms with van der Waals surface area (Å²) in [6, 6.07) is 7.99. The minimum absolute atomic E-state index is 0.0501. The van der Waals surface area contributed by atoms with E-state index in [1.807, 2.05) is 24.3 Å². The highest BCUT2D eigenvalue weighted by Crippen LogP contribution is 2.29. The van der Waals surface area contributed by atoms with Gasteiger partial charge in [0.05, 0.1) is 22.9 Å². The van der Waals surface area contributed by atoms with Crippen molar-refractivity contribution in [1.82, 2.24) is 15.3 Å². The molecule has 1 amide bonds. The lowest BCUT2D eigenvalue weighted by Crippen LogP contribution is -2.43. The van der Waals surface area contributed by atoms with Gasteiger partial charge in [0.2, 0.25) is 5.91 Å². The molecule has 0 spiro atoms. The van der Waals surface area contributed by atoms with Crippen LogP contribution in [-0.2, 0) is 4.79 Å². The Labute approximate surface area is 137 Å². The number of carbonyl (C=O) groups is 1. The maximum Gasteiger partial charge on any atom is 0.244 e. The number of hydrogen-bond acceptors (Lipinski definition) is 3. The fourth-order valence-electron chi connectivity index (χ4n) is 3.23. The van der Waals surface area contributed by atoms with Gasteiger partial charge in [0.25, 0.3) is 0 Å². The van der Waals surface area contributed by atoms with Gasteiger partial charge in [-0.25, -0.2) is 4.98 Å². The Morgan fingerprint density at radius 2 is 2.00 bits per heavy atom. The van der Waals surface area contributed by atoms with Crippen molar-refractivity contribution < 1.29 is 4.79 Å². The molecule has 1 fully saturated rings. The molecule has 1 aliphatic rings. The van der Waals surface area contributed by atoms with Crippen molar-refractivity contribution in [2.75, 3.05) is 0 Å². The highest BCUT2D eigenvalue weighted by atomic mass is 16.1. The molecule has 2 aromatic rings. The van der Waals surface area contributed by atoms with Crippen molar-refractivity contribution in [2.24, 2.45) is 11.8 Å². The molecule has 1 N–H and O–H groups in total. The molecular formula is C19H23N3O. The van der Waals surface area contributed by atoms with Crippen LogP contribution in [0.3, 0.4) is 0 Å². The highest BCUT2D eigenvalue weighted by Gasteiger charge is 2.27. The molecular weight excluding hydrogens is 286 g/mol. The van der Waals surface area contributed by atoms with Crippen molar-refractivity contribution in [2.45, 2.75) is 39.2 Å². The van der Waals surface area contributed by atoms with Gasteiger partial charge in [-0.3, -0.25) is 9.78 Å². The lowest BCUT2D eigenvalue weighted by molar-refractivity contribution is -0.117. The number of benzene rings is 1. The Morgan fingerprint density at radius 3 is 2.83 bits per heavy atom. The normalized spacial score (nSPS) is 24.9. The zero-order valence-electron chi connectivity index (χ0n) is 13.7. The molecule has 3 atom stereocenters. The smallest absolute Gasteiger partial charge is 0.244 e. The summed E-state index contributed by atoms with van der Waals surface area (Å²) in [6.45, 7) is 4.50. The van der Waals surface area contributed by atoms with Crippen molar-refractivity contribution in [3.05, 3.63) is 42.2 Å². The molecule has 1 aliphatic carbocycles. The van der Waals surface area contributed by atoms with Crippen molar-refractivity contribution in [3.8, 4) is 0 Å².